The number of hydrogen-bond donors (Lipinski definition) is 4. The summed E-state index contributed by atoms with van der Waals surface area (Å²) in [4.78, 5) is 26.4. The molecular weight excluding hydrogens is 231 g/mol. The van der Waals surface area contributed by atoms with Crippen molar-refractivity contribution < 1.29 is 14.7 Å². The van der Waals surface area contributed by atoms with Crippen molar-refractivity contribution in [2.75, 3.05) is 6.16 Å². The first kappa shape index (κ1) is 15.7. The maximum absolute atomic E-state index is 8.80. The van der Waals surface area contributed by atoms with E-state index in [-0.39, 0.29) is 11.4 Å². The van der Waals surface area contributed by atoms with E-state index in [1.54, 1.807) is 0 Å². The van der Waals surface area contributed by atoms with Gasteiger partial charge in [0.2, 0.25) is 0 Å². The molecule has 5 heteroatoms. The standard InChI is InChI=1S/C10H23O3PS/c1-2-3-4-5-6-7-10(15)8-9-14(11,12)13/h10-13H,2-9H2,1H3/p+1. The summed E-state index contributed by atoms with van der Waals surface area (Å²) in [5.74, 6) is 0. The minimum Gasteiger partial charge on any atom is -0.193 e. The lowest BCUT2D eigenvalue weighted by Crippen LogP contribution is -2.05. The SMILES string of the molecule is CCCCCCCC(S)CC[P+](O)(O)O. The van der Waals surface area contributed by atoms with Crippen LogP contribution in [0.4, 0.5) is 0 Å². The molecule has 0 saturated carbocycles. The monoisotopic (exact) mass is 255 g/mol. The van der Waals surface area contributed by atoms with E-state index < -0.39 is 7.94 Å². The summed E-state index contributed by atoms with van der Waals surface area (Å²) in [7, 11) is -3.57. The Kier molecular flexibility index (Phi) is 9.16. The van der Waals surface area contributed by atoms with Crippen molar-refractivity contribution in [2.24, 2.45) is 0 Å². The van der Waals surface area contributed by atoms with Crippen LogP contribution in [0, 0.1) is 0 Å². The van der Waals surface area contributed by atoms with Gasteiger partial charge in [0.05, 0.1) is 0 Å². The van der Waals surface area contributed by atoms with Crippen LogP contribution in [0.2, 0.25) is 0 Å². The Labute approximate surface area is 98.9 Å². The molecule has 0 rings (SSSR count). The Balaban J connectivity index is 3.30. The highest BCUT2D eigenvalue weighted by atomic mass is 32.1. The zero-order chi connectivity index (χ0) is 11.7. The van der Waals surface area contributed by atoms with E-state index in [0.717, 1.165) is 12.8 Å². The minimum absolute atomic E-state index is 0.0795. The number of hydrogen-bond acceptors (Lipinski definition) is 4. The van der Waals surface area contributed by atoms with Gasteiger partial charge in [0.1, 0.15) is 6.16 Å². The zero-order valence-electron chi connectivity index (χ0n) is 9.47. The summed E-state index contributed by atoms with van der Waals surface area (Å²) in [5.41, 5.74) is 0. The van der Waals surface area contributed by atoms with Crippen molar-refractivity contribution in [3.8, 4) is 0 Å². The van der Waals surface area contributed by atoms with Crippen LogP contribution in [0.1, 0.15) is 51.9 Å². The molecule has 1 unspecified atom stereocenters. The molecule has 0 aromatic rings. The molecule has 0 heterocycles. The molecular formula is C10H24O3PS+. The molecule has 0 amide bonds. The normalized spacial score (nSPS) is 14.2. The van der Waals surface area contributed by atoms with Gasteiger partial charge in [-0.2, -0.15) is 27.3 Å². The first-order chi connectivity index (χ1) is 6.95. The van der Waals surface area contributed by atoms with E-state index in [0.29, 0.717) is 6.42 Å². The predicted molar refractivity (Wildman–Crippen MR) is 69.2 cm³/mol. The van der Waals surface area contributed by atoms with Gasteiger partial charge in [0.25, 0.3) is 0 Å². The first-order valence-corrected chi connectivity index (χ1v) is 8.05. The lowest BCUT2D eigenvalue weighted by atomic mass is 10.1. The summed E-state index contributed by atoms with van der Waals surface area (Å²) >= 11 is 4.35. The van der Waals surface area contributed by atoms with Crippen LogP contribution in [-0.2, 0) is 0 Å². The highest BCUT2D eigenvalue weighted by Gasteiger charge is 2.29. The zero-order valence-corrected chi connectivity index (χ0v) is 11.3. The van der Waals surface area contributed by atoms with E-state index in [1.165, 1.54) is 25.7 Å². The average Bonchev–Trinajstić information content (AvgIpc) is 2.13. The van der Waals surface area contributed by atoms with Crippen LogP contribution in [0.25, 0.3) is 0 Å². The van der Waals surface area contributed by atoms with Gasteiger partial charge in [-0.15, -0.1) is 0 Å². The summed E-state index contributed by atoms with van der Waals surface area (Å²) < 4.78 is 0. The van der Waals surface area contributed by atoms with Gasteiger partial charge in [-0.3, -0.25) is 0 Å². The van der Waals surface area contributed by atoms with Gasteiger partial charge in [-0.25, -0.2) is 0 Å². The Morgan fingerprint density at radius 1 is 1.00 bits per heavy atom. The molecule has 0 aromatic heterocycles. The molecule has 0 spiro atoms. The molecule has 1 atom stereocenters. The molecule has 3 N–H and O–H groups in total. The van der Waals surface area contributed by atoms with Crippen molar-refractivity contribution in [3.05, 3.63) is 0 Å². The fourth-order valence-corrected chi connectivity index (χ4v) is 2.62. The summed E-state index contributed by atoms with van der Waals surface area (Å²) in [6.07, 6.45) is 7.82. The third-order valence-corrected chi connectivity index (χ3v) is 3.78. The lowest BCUT2D eigenvalue weighted by Gasteiger charge is -2.10. The van der Waals surface area contributed by atoms with Crippen LogP contribution in [0.15, 0.2) is 0 Å². The van der Waals surface area contributed by atoms with E-state index >= 15 is 0 Å². The number of unbranched alkanes of at least 4 members (excludes halogenated alkanes) is 4. The second-order valence-electron chi connectivity index (χ2n) is 4.06. The quantitative estimate of drug-likeness (QED) is 0.291. The van der Waals surface area contributed by atoms with Gasteiger partial charge in [-0.1, -0.05) is 39.0 Å². The summed E-state index contributed by atoms with van der Waals surface area (Å²) in [6, 6.07) is 0. The Morgan fingerprint density at radius 3 is 2.13 bits per heavy atom. The van der Waals surface area contributed by atoms with Gasteiger partial charge in [0, 0.05) is 11.7 Å². The van der Waals surface area contributed by atoms with Crippen molar-refractivity contribution in [3.63, 3.8) is 0 Å². The number of rotatable bonds is 9. The van der Waals surface area contributed by atoms with Gasteiger partial charge in [-0.05, 0) is 6.42 Å². The molecule has 0 aliphatic rings. The Morgan fingerprint density at radius 2 is 1.60 bits per heavy atom. The highest BCUT2D eigenvalue weighted by molar-refractivity contribution is 7.81. The van der Waals surface area contributed by atoms with E-state index in [1.807, 2.05) is 0 Å². The Bertz CT molecular complexity index is 150. The lowest BCUT2D eigenvalue weighted by molar-refractivity contribution is 0.329. The fourth-order valence-electron chi connectivity index (χ4n) is 1.45. The Hall–Kier alpha value is 0.660. The van der Waals surface area contributed by atoms with Gasteiger partial charge < -0.3 is 0 Å². The van der Waals surface area contributed by atoms with Gasteiger partial charge in [0.15, 0.2) is 0 Å². The first-order valence-electron chi connectivity index (χ1n) is 5.70. The number of thiol groups is 1. The smallest absolute Gasteiger partial charge is 0.193 e. The fraction of sp³-hybridized carbons (Fsp3) is 1.00. The van der Waals surface area contributed by atoms with Gasteiger partial charge >= 0.3 is 7.94 Å². The third kappa shape index (κ3) is 12.6. The van der Waals surface area contributed by atoms with E-state index in [4.69, 9.17) is 14.7 Å². The predicted octanol–water partition coefficient (Wildman–Crippen LogP) is 2.77. The van der Waals surface area contributed by atoms with Crippen LogP contribution in [-0.4, -0.2) is 26.1 Å². The highest BCUT2D eigenvalue weighted by Crippen LogP contribution is 2.45. The van der Waals surface area contributed by atoms with Crippen molar-refractivity contribution in [2.45, 2.75) is 57.1 Å². The molecule has 0 fully saturated rings. The molecule has 0 aromatic carbocycles. The minimum atomic E-state index is -3.57. The van der Waals surface area contributed by atoms with Crippen LogP contribution in [0.5, 0.6) is 0 Å². The molecule has 15 heavy (non-hydrogen) atoms. The topological polar surface area (TPSA) is 60.7 Å². The van der Waals surface area contributed by atoms with E-state index in [9.17, 15) is 0 Å². The second kappa shape index (κ2) is 8.77. The van der Waals surface area contributed by atoms with Crippen molar-refractivity contribution in [1.82, 2.24) is 0 Å². The molecule has 0 aliphatic heterocycles. The van der Waals surface area contributed by atoms with Crippen LogP contribution < -0.4 is 0 Å². The molecule has 3 nitrogen and oxygen atoms in total. The third-order valence-electron chi connectivity index (χ3n) is 2.40. The second-order valence-corrected chi connectivity index (χ2v) is 6.62. The van der Waals surface area contributed by atoms with E-state index in [2.05, 4.69) is 19.6 Å². The van der Waals surface area contributed by atoms with Crippen LogP contribution >= 0.6 is 20.6 Å². The summed E-state index contributed by atoms with van der Waals surface area (Å²) in [5, 5.41) is 0.178. The molecule has 0 saturated heterocycles. The largest absolute Gasteiger partial charge is 0.403 e. The molecule has 0 radical (unpaired) electrons. The molecule has 92 valence electrons. The molecule has 0 aliphatic carbocycles. The molecule has 0 bridgehead atoms. The van der Waals surface area contributed by atoms with Crippen molar-refractivity contribution in [1.29, 1.82) is 0 Å². The van der Waals surface area contributed by atoms with Crippen LogP contribution in [0.3, 0.4) is 0 Å². The maximum atomic E-state index is 8.80. The maximum Gasteiger partial charge on any atom is 0.403 e. The average molecular weight is 255 g/mol. The van der Waals surface area contributed by atoms with Crippen molar-refractivity contribution >= 4 is 20.6 Å². The summed E-state index contributed by atoms with van der Waals surface area (Å²) in [6.45, 7) is 2.19.